The van der Waals surface area contributed by atoms with Crippen LogP contribution in [-0.2, 0) is 9.53 Å². The van der Waals surface area contributed by atoms with Crippen LogP contribution in [0.5, 0.6) is 0 Å². The van der Waals surface area contributed by atoms with E-state index >= 15 is 0 Å². The van der Waals surface area contributed by atoms with Gasteiger partial charge in [-0.1, -0.05) is 13.8 Å². The third-order valence-corrected chi connectivity index (χ3v) is 2.22. The van der Waals surface area contributed by atoms with Gasteiger partial charge in [0, 0.05) is 20.2 Å². The minimum atomic E-state index is -1.28. The molecule has 0 rings (SSSR count). The van der Waals surface area contributed by atoms with E-state index in [-0.39, 0.29) is 5.92 Å². The Morgan fingerprint density at radius 1 is 1.39 bits per heavy atom. The fourth-order valence-electron chi connectivity index (χ4n) is 1.34. The normalized spacial score (nSPS) is 12.3. The van der Waals surface area contributed by atoms with E-state index in [4.69, 9.17) is 14.9 Å². The molecule has 7 nitrogen and oxygen atoms in total. The van der Waals surface area contributed by atoms with E-state index < -0.39 is 24.6 Å². The van der Waals surface area contributed by atoms with Crippen molar-refractivity contribution in [2.75, 3.05) is 33.4 Å². The Labute approximate surface area is 107 Å². The molecule has 0 aromatic heterocycles. The van der Waals surface area contributed by atoms with Crippen LogP contribution in [0.2, 0.25) is 0 Å². The maximum atomic E-state index is 11.8. The van der Waals surface area contributed by atoms with E-state index in [0.717, 1.165) is 0 Å². The maximum absolute atomic E-state index is 11.8. The van der Waals surface area contributed by atoms with Crippen LogP contribution in [0.25, 0.3) is 0 Å². The second-order valence-electron chi connectivity index (χ2n) is 4.36. The summed E-state index contributed by atoms with van der Waals surface area (Å²) in [7, 11) is 1.53. The zero-order chi connectivity index (χ0) is 14.1. The Hall–Kier alpha value is -1.34. The van der Waals surface area contributed by atoms with Crippen LogP contribution in [0, 0.1) is 5.92 Å². The summed E-state index contributed by atoms with van der Waals surface area (Å²) in [5.41, 5.74) is 0. The van der Waals surface area contributed by atoms with Gasteiger partial charge in [0.05, 0.1) is 13.2 Å². The highest BCUT2D eigenvalue weighted by Gasteiger charge is 2.22. The summed E-state index contributed by atoms with van der Waals surface area (Å²) in [6.45, 7) is 4.50. The van der Waals surface area contributed by atoms with E-state index in [1.807, 2.05) is 13.8 Å². The number of aliphatic carboxylic acids is 1. The number of hydrogen-bond donors (Lipinski definition) is 3. The van der Waals surface area contributed by atoms with Gasteiger partial charge < -0.3 is 25.2 Å². The zero-order valence-corrected chi connectivity index (χ0v) is 11.0. The van der Waals surface area contributed by atoms with Gasteiger partial charge in [0.15, 0.2) is 6.04 Å². The highest BCUT2D eigenvalue weighted by Crippen LogP contribution is 2.00. The van der Waals surface area contributed by atoms with E-state index in [1.54, 1.807) is 0 Å². The van der Waals surface area contributed by atoms with Crippen molar-refractivity contribution in [3.63, 3.8) is 0 Å². The second kappa shape index (κ2) is 8.71. The number of carbonyl (C=O) groups is 2. The molecule has 106 valence electrons. The Bertz CT molecular complexity index is 270. The molecule has 0 aliphatic rings. The number of nitrogens with zero attached hydrogens (tertiary/aromatic N) is 1. The lowest BCUT2D eigenvalue weighted by molar-refractivity contribution is -0.140. The van der Waals surface area contributed by atoms with Gasteiger partial charge >= 0.3 is 12.0 Å². The molecule has 0 saturated carbocycles. The van der Waals surface area contributed by atoms with Gasteiger partial charge in [0.2, 0.25) is 0 Å². The Morgan fingerprint density at radius 2 is 2.00 bits per heavy atom. The van der Waals surface area contributed by atoms with Crippen molar-refractivity contribution in [3.8, 4) is 0 Å². The van der Waals surface area contributed by atoms with Crippen molar-refractivity contribution in [3.05, 3.63) is 0 Å². The first kappa shape index (κ1) is 16.7. The molecule has 0 aromatic rings. The first-order chi connectivity index (χ1) is 8.42. The molecule has 0 aromatic carbocycles. The number of rotatable bonds is 8. The van der Waals surface area contributed by atoms with Crippen molar-refractivity contribution in [1.82, 2.24) is 10.2 Å². The first-order valence-electron chi connectivity index (χ1n) is 5.80. The molecule has 2 amide bonds. The molecule has 0 aliphatic carbocycles. The van der Waals surface area contributed by atoms with Gasteiger partial charge in [0.25, 0.3) is 0 Å². The summed E-state index contributed by atoms with van der Waals surface area (Å²) < 4.78 is 4.90. The highest BCUT2D eigenvalue weighted by molar-refractivity contribution is 5.82. The molecule has 1 atom stereocenters. The Balaban J connectivity index is 4.47. The molecular weight excluding hydrogens is 240 g/mol. The maximum Gasteiger partial charge on any atom is 0.328 e. The topological polar surface area (TPSA) is 99.1 Å². The zero-order valence-electron chi connectivity index (χ0n) is 11.0. The number of nitrogens with one attached hydrogen (secondary N) is 1. The molecule has 0 unspecified atom stereocenters. The lowest BCUT2D eigenvalue weighted by atomic mass is 10.2. The van der Waals surface area contributed by atoms with Crippen LogP contribution < -0.4 is 5.32 Å². The molecule has 0 spiro atoms. The van der Waals surface area contributed by atoms with E-state index in [9.17, 15) is 9.59 Å². The van der Waals surface area contributed by atoms with Crippen molar-refractivity contribution in [1.29, 1.82) is 0 Å². The highest BCUT2D eigenvalue weighted by atomic mass is 16.5. The summed E-state index contributed by atoms with van der Waals surface area (Å²) in [5, 5.41) is 19.9. The van der Waals surface area contributed by atoms with Gasteiger partial charge in [-0.15, -0.1) is 0 Å². The number of carboxylic acids is 1. The molecule has 0 bridgehead atoms. The van der Waals surface area contributed by atoms with Gasteiger partial charge in [-0.25, -0.2) is 9.59 Å². The minimum absolute atomic E-state index is 0.255. The monoisotopic (exact) mass is 262 g/mol. The van der Waals surface area contributed by atoms with Crippen LogP contribution in [0.1, 0.15) is 13.8 Å². The smallest absolute Gasteiger partial charge is 0.328 e. The van der Waals surface area contributed by atoms with Crippen LogP contribution in [0.15, 0.2) is 0 Å². The van der Waals surface area contributed by atoms with Crippen LogP contribution in [0.4, 0.5) is 4.79 Å². The largest absolute Gasteiger partial charge is 0.480 e. The Morgan fingerprint density at radius 3 is 2.39 bits per heavy atom. The molecule has 0 saturated heterocycles. The van der Waals surface area contributed by atoms with Crippen molar-refractivity contribution in [2.45, 2.75) is 19.9 Å². The predicted octanol–water partition coefficient (Wildman–Crippen LogP) is -0.254. The van der Waals surface area contributed by atoms with Crippen LogP contribution >= 0.6 is 0 Å². The molecule has 7 heteroatoms. The molecule has 0 fully saturated rings. The number of amides is 2. The van der Waals surface area contributed by atoms with Gasteiger partial charge in [0.1, 0.15) is 0 Å². The summed E-state index contributed by atoms with van der Waals surface area (Å²) in [6.07, 6.45) is 0. The third kappa shape index (κ3) is 6.41. The number of ether oxygens (including phenoxy) is 1. The first-order valence-corrected chi connectivity index (χ1v) is 5.80. The number of carbonyl (C=O) groups excluding carboxylic acids is 1. The number of aliphatic hydroxyl groups is 1. The lowest BCUT2D eigenvalue weighted by Crippen LogP contribution is -2.51. The van der Waals surface area contributed by atoms with E-state index in [2.05, 4.69) is 5.32 Å². The third-order valence-electron chi connectivity index (χ3n) is 2.22. The molecule has 0 heterocycles. The van der Waals surface area contributed by atoms with Crippen molar-refractivity contribution < 1.29 is 24.5 Å². The number of hydrogen-bond acceptors (Lipinski definition) is 4. The molecule has 0 radical (unpaired) electrons. The van der Waals surface area contributed by atoms with Crippen molar-refractivity contribution >= 4 is 12.0 Å². The number of aliphatic hydroxyl groups excluding tert-OH is 1. The van der Waals surface area contributed by atoms with E-state index in [0.29, 0.717) is 19.7 Å². The van der Waals surface area contributed by atoms with Gasteiger partial charge in [-0.3, -0.25) is 0 Å². The number of carboxylic acid groups (broad SMARTS) is 1. The second-order valence-corrected chi connectivity index (χ2v) is 4.36. The predicted molar refractivity (Wildman–Crippen MR) is 65.3 cm³/mol. The SMILES string of the molecule is COCCN(CC(C)C)C(=O)N[C@H](CO)C(=O)O. The quantitative estimate of drug-likeness (QED) is 0.560. The standard InChI is InChI=1S/C11H22N2O5/c1-8(2)6-13(4-5-18-3)11(17)12-9(7-14)10(15)16/h8-9,14H,4-7H2,1-3H3,(H,12,17)(H,15,16)/t9-/m1/s1. The van der Waals surface area contributed by atoms with Gasteiger partial charge in [-0.2, -0.15) is 0 Å². The van der Waals surface area contributed by atoms with Crippen molar-refractivity contribution in [2.24, 2.45) is 5.92 Å². The number of urea groups is 1. The minimum Gasteiger partial charge on any atom is -0.480 e. The van der Waals surface area contributed by atoms with Crippen LogP contribution in [-0.4, -0.2) is 66.6 Å². The van der Waals surface area contributed by atoms with Crippen LogP contribution in [0.3, 0.4) is 0 Å². The summed E-state index contributed by atoms with van der Waals surface area (Å²) in [6, 6.07) is -1.79. The number of methoxy groups -OCH3 is 1. The fourth-order valence-corrected chi connectivity index (χ4v) is 1.34. The Kier molecular flexibility index (Phi) is 8.06. The lowest BCUT2D eigenvalue weighted by Gasteiger charge is -2.26. The molecular formula is C11H22N2O5. The summed E-state index contributed by atoms with van der Waals surface area (Å²) in [4.78, 5) is 24.0. The average molecular weight is 262 g/mol. The molecule has 0 aliphatic heterocycles. The average Bonchev–Trinajstić information content (AvgIpc) is 2.30. The summed E-state index contributed by atoms with van der Waals surface area (Å²) in [5.74, 6) is -1.01. The molecule has 18 heavy (non-hydrogen) atoms. The fraction of sp³-hybridized carbons (Fsp3) is 0.818. The molecule has 3 N–H and O–H groups in total. The van der Waals surface area contributed by atoms with Gasteiger partial charge in [-0.05, 0) is 5.92 Å². The summed E-state index contributed by atoms with van der Waals surface area (Å²) >= 11 is 0. The van der Waals surface area contributed by atoms with E-state index in [1.165, 1.54) is 12.0 Å².